The molecular formula is C42H41N9O4S2. The van der Waals surface area contributed by atoms with Crippen LogP contribution in [-0.2, 0) is 48.4 Å². The maximum atomic E-state index is 12.9. The summed E-state index contributed by atoms with van der Waals surface area (Å²) in [6.45, 7) is 4.48. The molecule has 2 atom stereocenters. The predicted octanol–water partition coefficient (Wildman–Crippen LogP) is 6.87. The number of carbonyl (C=O) groups excluding carboxylic acids is 1. The smallest absolute Gasteiger partial charge is 0.306 e. The first kappa shape index (κ1) is 37.0. The lowest BCUT2D eigenvalue weighted by Gasteiger charge is -2.28. The number of rotatable bonds is 9. The van der Waals surface area contributed by atoms with Gasteiger partial charge in [0.25, 0.3) is 0 Å². The molecule has 0 unspecified atom stereocenters. The number of aliphatic imine (C=N–C) groups is 2. The Hall–Kier alpha value is -5.64. The number of anilines is 4. The Balaban J connectivity index is 0.000000150. The molecule has 4 aromatic heterocycles. The van der Waals surface area contributed by atoms with Crippen LogP contribution in [0, 0.1) is 11.8 Å². The number of amides is 1. The second-order valence-corrected chi connectivity index (χ2v) is 16.9. The average Bonchev–Trinajstić information content (AvgIpc) is 4.04. The Morgan fingerprint density at radius 3 is 1.81 bits per heavy atom. The Morgan fingerprint density at radius 2 is 1.30 bits per heavy atom. The number of nitrogens with one attached hydrogen (secondary N) is 2. The van der Waals surface area contributed by atoms with E-state index in [-0.39, 0.29) is 24.3 Å². The summed E-state index contributed by atoms with van der Waals surface area (Å²) in [5.74, 6) is 0.707. The number of nitrogens with zero attached hydrogens (tertiary/aromatic N) is 7. The van der Waals surface area contributed by atoms with Gasteiger partial charge in [-0.25, -0.2) is 19.9 Å². The van der Waals surface area contributed by atoms with Crippen molar-refractivity contribution in [1.29, 1.82) is 0 Å². The van der Waals surface area contributed by atoms with Crippen LogP contribution in [0.2, 0.25) is 0 Å². The number of aryl methyl sites for hydroxylation is 2. The number of carboxylic acids is 1. The van der Waals surface area contributed by atoms with Gasteiger partial charge in [0.15, 0.2) is 0 Å². The van der Waals surface area contributed by atoms with Crippen molar-refractivity contribution in [2.45, 2.75) is 58.5 Å². The van der Waals surface area contributed by atoms with Gasteiger partial charge in [-0.1, -0.05) is 12.1 Å². The molecule has 10 rings (SSSR count). The number of aliphatic carboxylic acids is 1. The fourth-order valence-corrected chi connectivity index (χ4v) is 10.8. The highest BCUT2D eigenvalue weighted by molar-refractivity contribution is 7.19. The monoisotopic (exact) mass is 799 g/mol. The molecular weight excluding hydrogens is 759 g/mol. The van der Waals surface area contributed by atoms with Gasteiger partial charge in [-0.05, 0) is 103 Å². The zero-order valence-corrected chi connectivity index (χ0v) is 33.0. The molecule has 0 saturated heterocycles. The lowest BCUT2D eigenvalue weighted by molar-refractivity contribution is -0.142. The van der Waals surface area contributed by atoms with E-state index in [1.165, 1.54) is 27.1 Å². The number of thiophene rings is 2. The molecule has 2 aliphatic carbocycles. The SMILES string of the molecule is CCN(CCO)C(=O)[C@H]1CCc2c(sc3ncnc(Nc4ccc5c(c4)C=NC5)c23)C1.O=C(O)[C@H]1CCc2c(sc3ncnc(Nc4ccc5c(c4)C=NC5)c23)C1. The van der Waals surface area contributed by atoms with E-state index in [2.05, 4.69) is 70.9 Å². The number of carbonyl (C=O) groups is 2. The summed E-state index contributed by atoms with van der Waals surface area (Å²) in [6.07, 6.45) is 11.4. The maximum absolute atomic E-state index is 12.9. The van der Waals surface area contributed by atoms with Crippen molar-refractivity contribution in [3.63, 3.8) is 0 Å². The van der Waals surface area contributed by atoms with Crippen LogP contribution < -0.4 is 10.6 Å². The molecule has 0 radical (unpaired) electrons. The van der Waals surface area contributed by atoms with Crippen molar-refractivity contribution in [1.82, 2.24) is 24.8 Å². The molecule has 15 heteroatoms. The summed E-state index contributed by atoms with van der Waals surface area (Å²) in [6, 6.07) is 12.5. The van der Waals surface area contributed by atoms with Crippen LogP contribution in [0.4, 0.5) is 23.0 Å². The minimum Gasteiger partial charge on any atom is -0.481 e. The van der Waals surface area contributed by atoms with E-state index < -0.39 is 5.97 Å². The highest BCUT2D eigenvalue weighted by atomic mass is 32.1. The quantitative estimate of drug-likeness (QED) is 0.121. The van der Waals surface area contributed by atoms with Gasteiger partial charge in [0.05, 0.1) is 36.4 Å². The zero-order valence-electron chi connectivity index (χ0n) is 31.4. The van der Waals surface area contributed by atoms with Gasteiger partial charge in [0, 0.05) is 52.6 Å². The van der Waals surface area contributed by atoms with Gasteiger partial charge in [-0.2, -0.15) is 0 Å². The number of aromatic nitrogens is 4. The molecule has 2 aromatic carbocycles. The Labute approximate surface area is 336 Å². The largest absolute Gasteiger partial charge is 0.481 e. The molecule has 2 aliphatic heterocycles. The molecule has 13 nitrogen and oxygen atoms in total. The van der Waals surface area contributed by atoms with Gasteiger partial charge in [-0.15, -0.1) is 22.7 Å². The number of carboxylic acid groups (broad SMARTS) is 1. The summed E-state index contributed by atoms with van der Waals surface area (Å²) in [7, 11) is 0. The second-order valence-electron chi connectivity index (χ2n) is 14.7. The minimum atomic E-state index is -0.711. The molecule has 4 N–H and O–H groups in total. The first-order valence-electron chi connectivity index (χ1n) is 19.3. The van der Waals surface area contributed by atoms with Crippen LogP contribution in [0.15, 0.2) is 59.0 Å². The van der Waals surface area contributed by atoms with E-state index in [9.17, 15) is 19.8 Å². The lowest BCUT2D eigenvalue weighted by atomic mass is 9.87. The van der Waals surface area contributed by atoms with E-state index in [0.717, 1.165) is 98.2 Å². The fraction of sp³-hybridized carbons (Fsp3) is 0.333. The van der Waals surface area contributed by atoms with E-state index in [0.29, 0.717) is 25.9 Å². The maximum Gasteiger partial charge on any atom is 0.306 e. The van der Waals surface area contributed by atoms with Crippen molar-refractivity contribution in [2.24, 2.45) is 21.8 Å². The normalized spacial score (nSPS) is 17.4. The molecule has 0 bridgehead atoms. The van der Waals surface area contributed by atoms with Gasteiger partial charge < -0.3 is 25.7 Å². The van der Waals surface area contributed by atoms with Gasteiger partial charge in [0.2, 0.25) is 5.91 Å². The van der Waals surface area contributed by atoms with Crippen LogP contribution in [0.25, 0.3) is 20.4 Å². The van der Waals surface area contributed by atoms with Crippen LogP contribution in [0.3, 0.4) is 0 Å². The number of hydrogen-bond acceptors (Lipinski definition) is 13. The second kappa shape index (κ2) is 15.7. The molecule has 290 valence electrons. The Morgan fingerprint density at radius 1 is 0.772 bits per heavy atom. The number of fused-ring (bicyclic) bond motifs is 8. The van der Waals surface area contributed by atoms with Crippen LogP contribution >= 0.6 is 22.7 Å². The Bertz CT molecular complexity index is 2600. The number of aliphatic hydroxyl groups excluding tert-OH is 1. The first-order valence-corrected chi connectivity index (χ1v) is 20.9. The number of likely N-dealkylation sites (N-methyl/N-ethyl adjacent to an activating group) is 1. The fourth-order valence-electron chi connectivity index (χ4n) is 8.27. The van der Waals surface area contributed by atoms with Crippen molar-refractivity contribution in [3.8, 4) is 0 Å². The molecule has 1 amide bonds. The van der Waals surface area contributed by atoms with Gasteiger partial charge in [-0.3, -0.25) is 19.6 Å². The third kappa shape index (κ3) is 7.26. The van der Waals surface area contributed by atoms with Crippen molar-refractivity contribution >= 4 is 90.4 Å². The standard InChI is InChI=1S/C23H25N5O2S.C19H16N4O2S/c1-2-28(7-8-29)23(30)14-4-6-18-19(10-14)31-22-20(18)21(25-13-26-22)27-17-5-3-15-11-24-12-16(15)9-17;24-19(25)10-2-4-14-15(6-10)26-18-16(14)17(21-9-22-18)23-13-3-1-11-7-20-8-12(11)5-13/h3,5,9,12-14,29H,2,4,6-8,10-11H2,1H3,(H,25,26,27);1,3,5,8-10H,2,4,6-7H2,(H,24,25)(H,21,22,23)/t14-;10-/m00/s1. The summed E-state index contributed by atoms with van der Waals surface area (Å²) < 4.78 is 0. The van der Waals surface area contributed by atoms with E-state index in [1.54, 1.807) is 40.2 Å². The van der Waals surface area contributed by atoms with Crippen LogP contribution in [0.1, 0.15) is 62.9 Å². The summed E-state index contributed by atoms with van der Waals surface area (Å²) >= 11 is 3.26. The van der Waals surface area contributed by atoms with Crippen LogP contribution in [-0.4, -0.2) is 79.1 Å². The number of hydrogen-bond donors (Lipinski definition) is 4. The predicted molar refractivity (Wildman–Crippen MR) is 225 cm³/mol. The topological polar surface area (TPSA) is 178 Å². The van der Waals surface area contributed by atoms with Crippen LogP contribution in [0.5, 0.6) is 0 Å². The molecule has 0 saturated carbocycles. The van der Waals surface area contributed by atoms with E-state index in [4.69, 9.17) is 0 Å². The molecule has 4 aliphatic rings. The molecule has 6 aromatic rings. The molecule has 0 spiro atoms. The van der Waals surface area contributed by atoms with E-state index in [1.807, 2.05) is 25.4 Å². The average molecular weight is 800 g/mol. The highest BCUT2D eigenvalue weighted by Gasteiger charge is 2.32. The molecule has 6 heterocycles. The number of benzene rings is 2. The molecule has 57 heavy (non-hydrogen) atoms. The van der Waals surface area contributed by atoms with E-state index >= 15 is 0 Å². The Kier molecular flexibility index (Phi) is 10.2. The minimum absolute atomic E-state index is 0.000393. The van der Waals surface area contributed by atoms with Gasteiger partial charge >= 0.3 is 5.97 Å². The lowest BCUT2D eigenvalue weighted by Crippen LogP contribution is -2.39. The van der Waals surface area contributed by atoms with Gasteiger partial charge in [0.1, 0.15) is 34.0 Å². The van der Waals surface area contributed by atoms with Crippen molar-refractivity contribution in [2.75, 3.05) is 30.3 Å². The van der Waals surface area contributed by atoms with Crippen molar-refractivity contribution in [3.05, 3.63) is 92.2 Å². The molecule has 0 fully saturated rings. The highest BCUT2D eigenvalue weighted by Crippen LogP contribution is 2.42. The first-order chi connectivity index (χ1) is 27.9. The third-order valence-corrected chi connectivity index (χ3v) is 13.6. The summed E-state index contributed by atoms with van der Waals surface area (Å²) in [5.41, 5.74) is 9.17. The summed E-state index contributed by atoms with van der Waals surface area (Å²) in [5, 5.41) is 27.6. The zero-order chi connectivity index (χ0) is 39.0. The van der Waals surface area contributed by atoms with Crippen molar-refractivity contribution < 1.29 is 19.8 Å². The number of aliphatic hydroxyl groups is 1. The third-order valence-electron chi connectivity index (χ3n) is 11.3. The summed E-state index contributed by atoms with van der Waals surface area (Å²) in [4.78, 5) is 56.8.